The molecule has 1 N–H and O–H groups in total. The van der Waals surface area contributed by atoms with E-state index < -0.39 is 21.7 Å². The van der Waals surface area contributed by atoms with Gasteiger partial charge in [0.05, 0.1) is 30.8 Å². The van der Waals surface area contributed by atoms with Crippen molar-refractivity contribution in [2.24, 2.45) is 5.92 Å². The molecule has 2 bridgehead atoms. The number of morpholine rings is 1. The van der Waals surface area contributed by atoms with Gasteiger partial charge in [-0.15, -0.1) is 0 Å². The van der Waals surface area contributed by atoms with Crippen LogP contribution in [0.25, 0.3) is 0 Å². The number of hydrogen-bond donors (Lipinski definition) is 1. The van der Waals surface area contributed by atoms with E-state index in [1.54, 1.807) is 28.6 Å². The van der Waals surface area contributed by atoms with Gasteiger partial charge in [-0.3, -0.25) is 9.80 Å². The summed E-state index contributed by atoms with van der Waals surface area (Å²) >= 11 is 6.04. The van der Waals surface area contributed by atoms with Gasteiger partial charge in [-0.05, 0) is 62.3 Å². The fourth-order valence-electron chi connectivity index (χ4n) is 6.57. The fourth-order valence-corrected chi connectivity index (χ4v) is 8.55. The summed E-state index contributed by atoms with van der Waals surface area (Å²) in [6.07, 6.45) is 5.71. The summed E-state index contributed by atoms with van der Waals surface area (Å²) in [5.41, 5.74) is -0.875. The van der Waals surface area contributed by atoms with Crippen LogP contribution in [0, 0.1) is 5.92 Å². The highest BCUT2D eigenvalue weighted by Gasteiger charge is 2.61. The molecule has 37 heavy (non-hydrogen) atoms. The van der Waals surface area contributed by atoms with Crippen molar-refractivity contribution in [3.05, 3.63) is 29.3 Å². The SMILES string of the molecule is O=C(OC1([C@H]2COC[C@@H](CC3CC3)N2S(=O)(=O)c2ccc(Cl)cc2)CC1)N1C2CCC1CN(CCO)C2. The molecule has 0 aromatic heterocycles. The molecule has 6 rings (SSSR count). The van der Waals surface area contributed by atoms with E-state index in [9.17, 15) is 18.3 Å². The van der Waals surface area contributed by atoms with Crippen molar-refractivity contribution in [1.82, 2.24) is 14.1 Å². The molecule has 1 amide bonds. The van der Waals surface area contributed by atoms with Crippen LogP contribution in [0.15, 0.2) is 29.2 Å². The first kappa shape index (κ1) is 25.8. The number of sulfonamides is 1. The molecule has 11 heteroatoms. The van der Waals surface area contributed by atoms with E-state index in [0.29, 0.717) is 36.9 Å². The minimum absolute atomic E-state index is 0.0627. The van der Waals surface area contributed by atoms with Gasteiger partial charge in [-0.1, -0.05) is 24.4 Å². The summed E-state index contributed by atoms with van der Waals surface area (Å²) in [4.78, 5) is 17.8. The van der Waals surface area contributed by atoms with E-state index in [1.165, 1.54) is 0 Å². The zero-order valence-electron chi connectivity index (χ0n) is 21.0. The van der Waals surface area contributed by atoms with Crippen molar-refractivity contribution in [2.75, 3.05) is 39.5 Å². The predicted octanol–water partition coefficient (Wildman–Crippen LogP) is 2.71. The van der Waals surface area contributed by atoms with E-state index in [-0.39, 0.29) is 42.3 Å². The summed E-state index contributed by atoms with van der Waals surface area (Å²) < 4.78 is 42.0. The molecule has 204 valence electrons. The van der Waals surface area contributed by atoms with Gasteiger partial charge in [0.15, 0.2) is 0 Å². The quantitative estimate of drug-likeness (QED) is 0.528. The monoisotopic (exact) mass is 553 g/mol. The van der Waals surface area contributed by atoms with Crippen molar-refractivity contribution in [3.63, 3.8) is 0 Å². The number of likely N-dealkylation sites (tertiary alicyclic amines) is 1. The van der Waals surface area contributed by atoms with Gasteiger partial charge in [0.1, 0.15) is 5.60 Å². The Morgan fingerprint density at radius 1 is 1.08 bits per heavy atom. The van der Waals surface area contributed by atoms with E-state index in [4.69, 9.17) is 21.1 Å². The number of hydrogen-bond acceptors (Lipinski definition) is 7. The Balaban J connectivity index is 1.25. The molecule has 2 aliphatic carbocycles. The molecule has 3 saturated heterocycles. The lowest BCUT2D eigenvalue weighted by atomic mass is 10.0. The number of aliphatic hydroxyl groups is 1. The van der Waals surface area contributed by atoms with Crippen LogP contribution in [0.5, 0.6) is 0 Å². The molecule has 3 aliphatic heterocycles. The van der Waals surface area contributed by atoms with E-state index in [2.05, 4.69) is 4.90 Å². The number of fused-ring (bicyclic) bond motifs is 2. The third-order valence-electron chi connectivity index (χ3n) is 8.77. The molecular weight excluding hydrogens is 518 g/mol. The maximum atomic E-state index is 14.0. The third-order valence-corrected chi connectivity index (χ3v) is 11.0. The number of aliphatic hydroxyl groups excluding tert-OH is 1. The van der Waals surface area contributed by atoms with Gasteiger partial charge in [-0.25, -0.2) is 13.2 Å². The second kappa shape index (κ2) is 9.95. The van der Waals surface area contributed by atoms with Gasteiger partial charge in [0.2, 0.25) is 10.0 Å². The second-order valence-corrected chi connectivity index (χ2v) is 13.7. The van der Waals surface area contributed by atoms with Crippen LogP contribution in [0.1, 0.15) is 44.9 Å². The zero-order valence-corrected chi connectivity index (χ0v) is 22.6. The molecular formula is C26H36ClN3O6S. The number of carbonyl (C=O) groups excluding carboxylic acids is 1. The minimum Gasteiger partial charge on any atom is -0.441 e. The Hall–Kier alpha value is -1.43. The van der Waals surface area contributed by atoms with Crippen LogP contribution in [-0.4, -0.2) is 103 Å². The van der Waals surface area contributed by atoms with Crippen molar-refractivity contribution in [2.45, 2.75) is 79.6 Å². The second-order valence-electron chi connectivity index (χ2n) is 11.4. The molecule has 1 aromatic carbocycles. The smallest absolute Gasteiger partial charge is 0.410 e. The van der Waals surface area contributed by atoms with Crippen LogP contribution in [0.3, 0.4) is 0 Å². The van der Waals surface area contributed by atoms with Gasteiger partial charge in [-0.2, -0.15) is 4.31 Å². The summed E-state index contributed by atoms with van der Waals surface area (Å²) in [7, 11) is -3.86. The minimum atomic E-state index is -3.86. The Labute approximate surface area is 223 Å². The summed E-state index contributed by atoms with van der Waals surface area (Å²) in [6.45, 7) is 2.73. The number of nitrogens with zero attached hydrogens (tertiary/aromatic N) is 3. The van der Waals surface area contributed by atoms with Gasteiger partial charge in [0, 0.05) is 42.8 Å². The third kappa shape index (κ3) is 5.01. The normalized spacial score (nSPS) is 31.9. The average molecular weight is 554 g/mol. The number of amides is 1. The van der Waals surface area contributed by atoms with Gasteiger partial charge < -0.3 is 14.6 Å². The highest BCUT2D eigenvalue weighted by atomic mass is 35.5. The van der Waals surface area contributed by atoms with Crippen LogP contribution in [-0.2, 0) is 19.5 Å². The predicted molar refractivity (Wildman–Crippen MR) is 137 cm³/mol. The first-order chi connectivity index (χ1) is 17.8. The molecule has 2 saturated carbocycles. The first-order valence-electron chi connectivity index (χ1n) is 13.5. The molecule has 9 nitrogen and oxygen atoms in total. The van der Waals surface area contributed by atoms with Crippen LogP contribution in [0.4, 0.5) is 4.79 Å². The Bertz CT molecular complexity index is 1100. The van der Waals surface area contributed by atoms with Crippen LogP contribution >= 0.6 is 11.6 Å². The van der Waals surface area contributed by atoms with Crippen molar-refractivity contribution >= 4 is 27.7 Å². The number of ether oxygens (including phenoxy) is 2. The molecule has 0 radical (unpaired) electrons. The maximum Gasteiger partial charge on any atom is 0.410 e. The maximum absolute atomic E-state index is 14.0. The van der Waals surface area contributed by atoms with Gasteiger partial charge in [0.25, 0.3) is 0 Å². The Morgan fingerprint density at radius 3 is 2.35 bits per heavy atom. The number of β-amino-alcohol motifs (C(OH)–C–C–N with tert-alkyl or cyclic N) is 1. The largest absolute Gasteiger partial charge is 0.441 e. The topological polar surface area (TPSA) is 99.6 Å². The lowest BCUT2D eigenvalue weighted by molar-refractivity contribution is -0.0780. The van der Waals surface area contributed by atoms with Crippen molar-refractivity contribution < 1.29 is 27.8 Å². The molecule has 3 heterocycles. The first-order valence-corrected chi connectivity index (χ1v) is 15.3. The van der Waals surface area contributed by atoms with Gasteiger partial charge >= 0.3 is 6.09 Å². The standard InChI is InChI=1S/C26H36ClN3O6S/c27-19-3-7-23(8-4-19)37(33,34)30-22(13-18-1-2-18)16-35-17-24(30)26(9-10-26)36-25(32)29-20-5-6-21(29)15-28(14-20)11-12-31/h3-4,7-8,18,20-22,24,31H,1-2,5-6,9-17H2/t20?,21?,22-,24-/m1/s1. The van der Waals surface area contributed by atoms with E-state index >= 15 is 0 Å². The zero-order chi connectivity index (χ0) is 25.8. The molecule has 0 spiro atoms. The average Bonchev–Trinajstić information content (AvgIpc) is 3.80. The molecule has 4 atom stereocenters. The number of carbonyl (C=O) groups is 1. The van der Waals surface area contributed by atoms with Crippen LogP contribution in [0.2, 0.25) is 5.02 Å². The number of rotatable bonds is 8. The van der Waals surface area contributed by atoms with Crippen molar-refractivity contribution in [3.8, 4) is 0 Å². The Morgan fingerprint density at radius 2 is 1.76 bits per heavy atom. The highest BCUT2D eigenvalue weighted by molar-refractivity contribution is 7.89. The van der Waals surface area contributed by atoms with E-state index in [0.717, 1.165) is 45.2 Å². The van der Waals surface area contributed by atoms with Crippen molar-refractivity contribution in [1.29, 1.82) is 0 Å². The summed E-state index contributed by atoms with van der Waals surface area (Å²) in [6, 6.07) is 5.56. The number of piperazine rings is 1. The molecule has 2 unspecified atom stereocenters. The summed E-state index contributed by atoms with van der Waals surface area (Å²) in [5, 5.41) is 9.82. The molecule has 1 aromatic rings. The fraction of sp³-hybridized carbons (Fsp3) is 0.731. The highest BCUT2D eigenvalue weighted by Crippen LogP contribution is 2.50. The number of benzene rings is 1. The molecule has 5 aliphatic rings. The lowest BCUT2D eigenvalue weighted by Gasteiger charge is -2.45. The van der Waals surface area contributed by atoms with E-state index in [1.807, 2.05) is 4.90 Å². The number of halogens is 1. The van der Waals surface area contributed by atoms with Crippen LogP contribution < -0.4 is 0 Å². The molecule has 5 fully saturated rings. The summed E-state index contributed by atoms with van der Waals surface area (Å²) in [5.74, 6) is 0.513. The lowest BCUT2D eigenvalue weighted by Crippen LogP contribution is -2.62. The Kier molecular flexibility index (Phi) is 6.95.